The van der Waals surface area contributed by atoms with Gasteiger partial charge >= 0.3 is 0 Å². The van der Waals surface area contributed by atoms with Crippen LogP contribution in [0.25, 0.3) is 0 Å². The number of hydrogen-bond acceptors (Lipinski definition) is 3. The van der Waals surface area contributed by atoms with Gasteiger partial charge in [0.25, 0.3) is 5.91 Å². The van der Waals surface area contributed by atoms with Crippen molar-refractivity contribution in [2.45, 2.75) is 19.4 Å². The largest absolute Gasteiger partial charge is 0.352 e. The molecule has 4 nitrogen and oxygen atoms in total. The summed E-state index contributed by atoms with van der Waals surface area (Å²) < 4.78 is 0.484. The Morgan fingerprint density at radius 1 is 1.22 bits per heavy atom. The van der Waals surface area contributed by atoms with E-state index in [1.807, 2.05) is 0 Å². The van der Waals surface area contributed by atoms with Gasteiger partial charge in [0.05, 0.1) is 5.56 Å². The Kier molecular flexibility index (Phi) is 5.20. The zero-order chi connectivity index (χ0) is 16.1. The lowest BCUT2D eigenvalue weighted by Gasteiger charge is -2.28. The number of nitrogens with zero attached hydrogens (tertiary/aromatic N) is 1. The minimum atomic E-state index is -0.101. The Hall–Kier alpha value is -1.98. The van der Waals surface area contributed by atoms with E-state index in [1.54, 1.807) is 18.3 Å². The number of hydrogen-bond donors (Lipinski definition) is 2. The van der Waals surface area contributed by atoms with Crippen LogP contribution in [0.5, 0.6) is 0 Å². The lowest BCUT2D eigenvalue weighted by molar-refractivity contribution is 0.0950. The Bertz CT molecular complexity index is 741. The quantitative estimate of drug-likeness (QED) is 0.656. The molecule has 0 bridgehead atoms. The van der Waals surface area contributed by atoms with E-state index in [9.17, 15) is 4.79 Å². The van der Waals surface area contributed by atoms with Crippen LogP contribution in [-0.2, 0) is 13.0 Å². The van der Waals surface area contributed by atoms with Crippen molar-refractivity contribution in [1.82, 2.24) is 15.2 Å². The van der Waals surface area contributed by atoms with Gasteiger partial charge in [-0.15, -0.1) is 0 Å². The van der Waals surface area contributed by atoms with Crippen LogP contribution in [-0.4, -0.2) is 35.4 Å². The third-order valence-electron chi connectivity index (χ3n) is 4.21. The highest BCUT2D eigenvalue weighted by molar-refractivity contribution is 7.71. The molecule has 0 aliphatic carbocycles. The van der Waals surface area contributed by atoms with Crippen LogP contribution in [0.4, 0.5) is 0 Å². The van der Waals surface area contributed by atoms with Crippen LogP contribution < -0.4 is 5.32 Å². The zero-order valence-electron chi connectivity index (χ0n) is 13.0. The fourth-order valence-electron chi connectivity index (χ4n) is 2.95. The molecule has 5 heteroatoms. The first-order valence-electron chi connectivity index (χ1n) is 7.99. The van der Waals surface area contributed by atoms with Gasteiger partial charge in [0.2, 0.25) is 0 Å². The van der Waals surface area contributed by atoms with E-state index in [0.29, 0.717) is 16.7 Å². The summed E-state index contributed by atoms with van der Waals surface area (Å²) in [7, 11) is 0. The molecule has 0 saturated heterocycles. The van der Waals surface area contributed by atoms with Crippen LogP contribution in [0.15, 0.2) is 42.6 Å². The maximum absolute atomic E-state index is 12.1. The Labute approximate surface area is 141 Å². The van der Waals surface area contributed by atoms with Gasteiger partial charge in [-0.2, -0.15) is 0 Å². The maximum atomic E-state index is 12.1. The summed E-state index contributed by atoms with van der Waals surface area (Å²) in [4.78, 5) is 17.4. The zero-order valence-corrected chi connectivity index (χ0v) is 13.9. The lowest BCUT2D eigenvalue weighted by Crippen LogP contribution is -2.33. The molecular formula is C18H21N3OS. The summed E-state index contributed by atoms with van der Waals surface area (Å²) in [5, 5.41) is 2.95. The van der Waals surface area contributed by atoms with Crippen LogP contribution in [0.1, 0.15) is 27.9 Å². The molecule has 1 aliphatic heterocycles. The number of fused-ring (bicyclic) bond motifs is 1. The normalized spacial score (nSPS) is 14.3. The number of carbonyl (C=O) groups excluding carboxylic acids is 1. The van der Waals surface area contributed by atoms with E-state index < -0.39 is 0 Å². The topological polar surface area (TPSA) is 48.1 Å². The Morgan fingerprint density at radius 3 is 2.87 bits per heavy atom. The second-order valence-electron chi connectivity index (χ2n) is 5.82. The number of carbonyl (C=O) groups is 1. The first kappa shape index (κ1) is 15.9. The summed E-state index contributed by atoms with van der Waals surface area (Å²) in [6.45, 7) is 3.76. The molecule has 1 amide bonds. The molecule has 2 heterocycles. The average molecular weight is 327 g/mol. The van der Waals surface area contributed by atoms with Gasteiger partial charge < -0.3 is 10.3 Å². The van der Waals surface area contributed by atoms with Crippen molar-refractivity contribution in [2.24, 2.45) is 0 Å². The molecule has 2 aromatic rings. The number of aromatic amines is 1. The summed E-state index contributed by atoms with van der Waals surface area (Å²) in [6, 6.07) is 12.2. The molecule has 0 atom stereocenters. The summed E-state index contributed by atoms with van der Waals surface area (Å²) in [5.41, 5.74) is 3.43. The monoisotopic (exact) mass is 327 g/mol. The minimum absolute atomic E-state index is 0.101. The number of rotatable bonds is 5. The molecule has 1 aromatic heterocycles. The van der Waals surface area contributed by atoms with Gasteiger partial charge in [-0.05, 0) is 36.1 Å². The molecule has 3 rings (SSSR count). The SMILES string of the molecule is O=C(NCCCN1CCc2ccccc2C1)c1ccc[nH]c1=S. The second-order valence-corrected chi connectivity index (χ2v) is 6.23. The number of H-pyrrole nitrogens is 1. The highest BCUT2D eigenvalue weighted by Gasteiger charge is 2.15. The predicted octanol–water partition coefficient (Wildman–Crippen LogP) is 2.92. The highest BCUT2D eigenvalue weighted by Crippen LogP contribution is 2.18. The van der Waals surface area contributed by atoms with Gasteiger partial charge in [-0.1, -0.05) is 36.5 Å². The molecule has 23 heavy (non-hydrogen) atoms. The number of aromatic nitrogens is 1. The number of amides is 1. The maximum Gasteiger partial charge on any atom is 0.254 e. The third-order valence-corrected chi connectivity index (χ3v) is 4.55. The van der Waals surface area contributed by atoms with E-state index in [1.165, 1.54) is 11.1 Å². The minimum Gasteiger partial charge on any atom is -0.352 e. The van der Waals surface area contributed by atoms with Crippen LogP contribution in [0.2, 0.25) is 0 Å². The molecule has 120 valence electrons. The Balaban J connectivity index is 1.43. The molecule has 2 N–H and O–H groups in total. The van der Waals surface area contributed by atoms with Gasteiger partial charge in [-0.25, -0.2) is 0 Å². The Morgan fingerprint density at radius 2 is 2.04 bits per heavy atom. The van der Waals surface area contributed by atoms with Crippen molar-refractivity contribution in [3.8, 4) is 0 Å². The molecule has 0 fully saturated rings. The number of benzene rings is 1. The third kappa shape index (κ3) is 4.06. The first-order valence-corrected chi connectivity index (χ1v) is 8.40. The van der Waals surface area contributed by atoms with Crippen molar-refractivity contribution in [3.63, 3.8) is 0 Å². The van der Waals surface area contributed by atoms with E-state index in [4.69, 9.17) is 12.2 Å². The van der Waals surface area contributed by atoms with E-state index in [0.717, 1.165) is 32.5 Å². The number of pyridine rings is 1. The van der Waals surface area contributed by atoms with Crippen LogP contribution in [0.3, 0.4) is 0 Å². The summed E-state index contributed by atoms with van der Waals surface area (Å²) >= 11 is 5.12. The van der Waals surface area contributed by atoms with E-state index in [2.05, 4.69) is 39.5 Å². The lowest BCUT2D eigenvalue weighted by atomic mass is 10.00. The molecule has 1 aromatic carbocycles. The van der Waals surface area contributed by atoms with Gasteiger partial charge in [0.1, 0.15) is 4.64 Å². The van der Waals surface area contributed by atoms with Crippen molar-refractivity contribution < 1.29 is 4.79 Å². The van der Waals surface area contributed by atoms with Crippen molar-refractivity contribution in [1.29, 1.82) is 0 Å². The summed E-state index contributed by atoms with van der Waals surface area (Å²) in [6.07, 6.45) is 3.78. The van der Waals surface area contributed by atoms with Crippen molar-refractivity contribution in [3.05, 3.63) is 63.9 Å². The molecule has 1 aliphatic rings. The van der Waals surface area contributed by atoms with E-state index in [-0.39, 0.29) is 5.91 Å². The fourth-order valence-corrected chi connectivity index (χ4v) is 3.17. The average Bonchev–Trinajstić information content (AvgIpc) is 2.59. The predicted molar refractivity (Wildman–Crippen MR) is 94.0 cm³/mol. The van der Waals surface area contributed by atoms with E-state index >= 15 is 0 Å². The molecule has 0 unspecified atom stereocenters. The second kappa shape index (κ2) is 7.53. The van der Waals surface area contributed by atoms with Crippen molar-refractivity contribution in [2.75, 3.05) is 19.6 Å². The molecule has 0 radical (unpaired) electrons. The fraction of sp³-hybridized carbons (Fsp3) is 0.333. The van der Waals surface area contributed by atoms with Gasteiger partial charge in [0.15, 0.2) is 0 Å². The van der Waals surface area contributed by atoms with Gasteiger partial charge in [0, 0.05) is 32.4 Å². The molecule has 0 saturated carbocycles. The highest BCUT2D eigenvalue weighted by atomic mass is 32.1. The molecule has 0 spiro atoms. The van der Waals surface area contributed by atoms with Crippen LogP contribution in [0, 0.1) is 4.64 Å². The number of nitrogens with one attached hydrogen (secondary N) is 2. The smallest absolute Gasteiger partial charge is 0.254 e. The van der Waals surface area contributed by atoms with Gasteiger partial charge in [-0.3, -0.25) is 9.69 Å². The summed E-state index contributed by atoms with van der Waals surface area (Å²) in [5.74, 6) is -0.101. The standard InChI is InChI=1S/C18H21N3OS/c22-17(16-7-3-9-20-18(16)23)19-10-4-11-21-12-8-14-5-1-2-6-15(14)13-21/h1-3,5-7,9H,4,8,10-13H2,(H,19,22)(H,20,23). The first-order chi connectivity index (χ1) is 11.2. The molecular weight excluding hydrogens is 306 g/mol. The van der Waals surface area contributed by atoms with Crippen LogP contribution >= 0.6 is 12.2 Å². The van der Waals surface area contributed by atoms with Crippen molar-refractivity contribution >= 4 is 18.1 Å².